The third kappa shape index (κ3) is 5.34. The van der Waals surface area contributed by atoms with Crippen molar-refractivity contribution >= 4 is 34.9 Å². The summed E-state index contributed by atoms with van der Waals surface area (Å²) in [5, 5.41) is 24.1. The fourth-order valence-electron chi connectivity index (χ4n) is 1.72. The van der Waals surface area contributed by atoms with Crippen LogP contribution in [-0.4, -0.2) is 23.6 Å². The first-order valence-electron chi connectivity index (χ1n) is 6.63. The van der Waals surface area contributed by atoms with Crippen molar-refractivity contribution in [3.05, 3.63) is 59.1 Å². The van der Waals surface area contributed by atoms with Gasteiger partial charge in [0.25, 0.3) is 0 Å². The molecule has 116 valence electrons. The summed E-state index contributed by atoms with van der Waals surface area (Å²) in [4.78, 5) is 14.7. The molecule has 0 unspecified atom stereocenters. The third-order valence-corrected chi connectivity index (χ3v) is 2.97. The Morgan fingerprint density at radius 1 is 1.17 bits per heavy atom. The average Bonchev–Trinajstić information content (AvgIpc) is 2.53. The number of nitrogens with zero attached hydrogens (tertiary/aromatic N) is 2. The molecule has 2 aromatic rings. The van der Waals surface area contributed by atoms with Gasteiger partial charge in [-0.1, -0.05) is 17.7 Å². The van der Waals surface area contributed by atoms with Gasteiger partial charge >= 0.3 is 5.97 Å². The maximum absolute atomic E-state index is 10.7. The van der Waals surface area contributed by atoms with E-state index in [4.69, 9.17) is 22.0 Å². The molecular weight excluding hydrogens is 316 g/mol. The Morgan fingerprint density at radius 2 is 1.87 bits per heavy atom. The van der Waals surface area contributed by atoms with Crippen LogP contribution in [0.1, 0.15) is 5.56 Å². The van der Waals surface area contributed by atoms with Gasteiger partial charge in [-0.15, -0.1) is 0 Å². The van der Waals surface area contributed by atoms with Crippen molar-refractivity contribution in [2.24, 2.45) is 4.99 Å². The Morgan fingerprint density at radius 3 is 2.48 bits per heavy atom. The van der Waals surface area contributed by atoms with Crippen LogP contribution in [0.25, 0.3) is 0 Å². The van der Waals surface area contributed by atoms with E-state index in [9.17, 15) is 4.79 Å². The number of hydrogen-bond donors (Lipinski definition) is 3. The van der Waals surface area contributed by atoms with E-state index in [0.717, 1.165) is 0 Å². The highest BCUT2D eigenvalue weighted by atomic mass is 35.5. The van der Waals surface area contributed by atoms with Crippen LogP contribution in [0.15, 0.2) is 53.5 Å². The molecule has 0 saturated carbocycles. The van der Waals surface area contributed by atoms with Gasteiger partial charge in [0, 0.05) is 16.4 Å². The molecule has 0 atom stereocenters. The lowest BCUT2D eigenvalue weighted by atomic mass is 10.2. The summed E-state index contributed by atoms with van der Waals surface area (Å²) >= 11 is 5.92. The Balaban J connectivity index is 2.18. The fraction of sp³-hybridized carbons (Fsp3) is 0.0625. The Hall–Kier alpha value is -3.04. The van der Waals surface area contributed by atoms with Gasteiger partial charge in [0.2, 0.25) is 5.96 Å². The van der Waals surface area contributed by atoms with E-state index in [1.807, 2.05) is 6.07 Å². The van der Waals surface area contributed by atoms with E-state index >= 15 is 0 Å². The number of nitrogens with one attached hydrogen (secondary N) is 2. The summed E-state index contributed by atoms with van der Waals surface area (Å²) in [5.74, 6) is -0.781. The van der Waals surface area contributed by atoms with Gasteiger partial charge in [0.1, 0.15) is 6.54 Å². The van der Waals surface area contributed by atoms with Crippen molar-refractivity contribution in [3.63, 3.8) is 0 Å². The van der Waals surface area contributed by atoms with E-state index in [1.54, 1.807) is 48.5 Å². The number of carboxylic acids is 1. The second kappa shape index (κ2) is 7.82. The van der Waals surface area contributed by atoms with E-state index in [0.29, 0.717) is 22.0 Å². The topological polar surface area (TPSA) is 97.5 Å². The van der Waals surface area contributed by atoms with Crippen molar-refractivity contribution in [1.29, 1.82) is 5.26 Å². The number of halogens is 1. The van der Waals surface area contributed by atoms with Crippen molar-refractivity contribution in [2.75, 3.05) is 17.2 Å². The molecule has 6 nitrogen and oxygen atoms in total. The molecule has 0 aliphatic carbocycles. The normalized spacial score (nSPS) is 10.7. The first-order chi connectivity index (χ1) is 11.1. The van der Waals surface area contributed by atoms with Gasteiger partial charge in [-0.2, -0.15) is 5.26 Å². The summed E-state index contributed by atoms with van der Waals surface area (Å²) in [7, 11) is 0. The third-order valence-electron chi connectivity index (χ3n) is 2.74. The molecule has 23 heavy (non-hydrogen) atoms. The molecule has 0 fully saturated rings. The summed E-state index contributed by atoms with van der Waals surface area (Å²) in [6.07, 6.45) is 0. The predicted molar refractivity (Wildman–Crippen MR) is 89.8 cm³/mol. The molecule has 2 rings (SSSR count). The van der Waals surface area contributed by atoms with E-state index < -0.39 is 5.97 Å². The van der Waals surface area contributed by atoms with Crippen LogP contribution in [0.2, 0.25) is 5.02 Å². The summed E-state index contributed by atoms with van der Waals surface area (Å²) < 4.78 is 0. The Labute approximate surface area is 138 Å². The number of guanidine groups is 1. The highest BCUT2D eigenvalue weighted by Crippen LogP contribution is 2.16. The van der Waals surface area contributed by atoms with Crippen molar-refractivity contribution in [2.45, 2.75) is 0 Å². The van der Waals surface area contributed by atoms with Crippen molar-refractivity contribution in [1.82, 2.24) is 0 Å². The SMILES string of the molecule is N#Cc1ccc(NC(=NCC(=O)O)Nc2cccc(Cl)c2)cc1. The minimum absolute atomic E-state index is 0.263. The smallest absolute Gasteiger partial charge is 0.325 e. The largest absolute Gasteiger partial charge is 0.480 e. The molecule has 7 heteroatoms. The lowest BCUT2D eigenvalue weighted by Crippen LogP contribution is -2.23. The molecule has 0 amide bonds. The maximum atomic E-state index is 10.7. The second-order valence-corrected chi connectivity index (χ2v) is 4.94. The van der Waals surface area contributed by atoms with Crippen LogP contribution in [0.3, 0.4) is 0 Å². The predicted octanol–water partition coefficient (Wildman–Crippen LogP) is 3.18. The molecule has 0 aromatic heterocycles. The van der Waals surface area contributed by atoms with Crippen molar-refractivity contribution < 1.29 is 9.90 Å². The number of anilines is 2. The average molecular weight is 329 g/mol. The maximum Gasteiger partial charge on any atom is 0.325 e. The number of carboxylic acid groups (broad SMARTS) is 1. The van der Waals surface area contributed by atoms with Crippen LogP contribution in [0.4, 0.5) is 11.4 Å². The Kier molecular flexibility index (Phi) is 5.56. The van der Waals surface area contributed by atoms with E-state index in [1.165, 1.54) is 0 Å². The van der Waals surface area contributed by atoms with Crippen LogP contribution in [0.5, 0.6) is 0 Å². The van der Waals surface area contributed by atoms with Crippen molar-refractivity contribution in [3.8, 4) is 6.07 Å². The van der Waals surface area contributed by atoms with Crippen LogP contribution >= 0.6 is 11.6 Å². The minimum Gasteiger partial charge on any atom is -0.480 e. The van der Waals surface area contributed by atoms with Gasteiger partial charge in [-0.05, 0) is 42.5 Å². The lowest BCUT2D eigenvalue weighted by Gasteiger charge is -2.12. The number of carbonyl (C=O) groups is 1. The zero-order valence-corrected chi connectivity index (χ0v) is 12.7. The highest BCUT2D eigenvalue weighted by molar-refractivity contribution is 6.30. The number of aliphatic imine (C=N–C) groups is 1. The van der Waals surface area contributed by atoms with Gasteiger partial charge in [-0.3, -0.25) is 4.79 Å². The lowest BCUT2D eigenvalue weighted by molar-refractivity contribution is -0.135. The molecular formula is C16H13ClN4O2. The van der Waals surface area contributed by atoms with Crippen LogP contribution < -0.4 is 10.6 Å². The zero-order chi connectivity index (χ0) is 16.7. The standard InChI is InChI=1S/C16H13ClN4O2/c17-12-2-1-3-14(8-12)21-16(19-10-15(22)23)20-13-6-4-11(9-18)5-7-13/h1-8H,10H2,(H,22,23)(H2,19,20,21). The summed E-state index contributed by atoms with van der Waals surface area (Å²) in [6.45, 7) is -0.383. The molecule has 0 heterocycles. The summed E-state index contributed by atoms with van der Waals surface area (Å²) in [6, 6.07) is 15.7. The number of benzene rings is 2. The van der Waals surface area contributed by atoms with Crippen LogP contribution in [-0.2, 0) is 4.79 Å². The van der Waals surface area contributed by atoms with E-state index in [-0.39, 0.29) is 12.5 Å². The number of aliphatic carboxylic acids is 1. The fourth-order valence-corrected chi connectivity index (χ4v) is 1.92. The van der Waals surface area contributed by atoms with E-state index in [2.05, 4.69) is 15.6 Å². The number of rotatable bonds is 4. The van der Waals surface area contributed by atoms with Gasteiger partial charge < -0.3 is 15.7 Å². The molecule has 0 saturated heterocycles. The first kappa shape index (κ1) is 16.3. The molecule has 3 N–H and O–H groups in total. The quantitative estimate of drug-likeness (QED) is 0.591. The zero-order valence-electron chi connectivity index (χ0n) is 12.0. The monoisotopic (exact) mass is 328 g/mol. The number of nitriles is 1. The highest BCUT2D eigenvalue weighted by Gasteiger charge is 2.04. The molecule has 2 aromatic carbocycles. The number of hydrogen-bond acceptors (Lipinski definition) is 3. The first-order valence-corrected chi connectivity index (χ1v) is 7.00. The molecule has 0 aliphatic heterocycles. The molecule has 0 bridgehead atoms. The van der Waals surface area contributed by atoms with Gasteiger partial charge in [-0.25, -0.2) is 4.99 Å². The van der Waals surface area contributed by atoms with Gasteiger partial charge in [0.15, 0.2) is 0 Å². The summed E-state index contributed by atoms with van der Waals surface area (Å²) in [5.41, 5.74) is 1.87. The molecule has 0 aliphatic rings. The van der Waals surface area contributed by atoms with Gasteiger partial charge in [0.05, 0.1) is 11.6 Å². The minimum atomic E-state index is -1.04. The second-order valence-electron chi connectivity index (χ2n) is 4.51. The Bertz CT molecular complexity index is 766. The van der Waals surface area contributed by atoms with Crippen LogP contribution in [0, 0.1) is 11.3 Å². The molecule has 0 spiro atoms. The molecule has 0 radical (unpaired) electrons.